The quantitative estimate of drug-likeness (QED) is 0.613. The number of nitrogens with one attached hydrogen (secondary N) is 1. The number of aromatic nitrogens is 1. The Balaban J connectivity index is 0.00000169. The van der Waals surface area contributed by atoms with Gasteiger partial charge in [0, 0.05) is 0 Å². The summed E-state index contributed by atoms with van der Waals surface area (Å²) in [5, 5.41) is 1.45. The number of rotatable bonds is 2. The Morgan fingerprint density at radius 1 is 0.962 bits per heavy atom. The molecule has 138 valence electrons. The first-order valence-corrected chi connectivity index (χ1v) is 11.0. The fourth-order valence-electron chi connectivity index (χ4n) is 3.43. The maximum Gasteiger partial charge on any atom is -1.00 e. The maximum atomic E-state index is 4.21. The van der Waals surface area contributed by atoms with Gasteiger partial charge in [0.2, 0.25) is 0 Å². The topological polar surface area (TPSA) is 15.8 Å². The molecule has 0 unspecified atom stereocenters. The summed E-state index contributed by atoms with van der Waals surface area (Å²) in [5.41, 5.74) is 5.74. The molecule has 0 atom stereocenters. The van der Waals surface area contributed by atoms with Crippen molar-refractivity contribution in [2.75, 3.05) is 0 Å². The van der Waals surface area contributed by atoms with Crippen LogP contribution in [0.25, 0.3) is 10.9 Å². The third-order valence-corrected chi connectivity index (χ3v) is 7.95. The van der Waals surface area contributed by atoms with E-state index in [2.05, 4.69) is 89.5 Å². The van der Waals surface area contributed by atoms with Crippen molar-refractivity contribution in [2.24, 2.45) is 0 Å². The number of hydrogen-bond donors (Lipinski definition) is 1. The van der Waals surface area contributed by atoms with Crippen molar-refractivity contribution >= 4 is 14.3 Å². The van der Waals surface area contributed by atoms with Crippen molar-refractivity contribution in [1.82, 2.24) is 4.98 Å². The smallest absolute Gasteiger partial charge is 1.00 e. The molecule has 1 heterocycles. The molecule has 3 rings (SSSR count). The van der Waals surface area contributed by atoms with Gasteiger partial charge in [-0.1, -0.05) is 0 Å². The van der Waals surface area contributed by atoms with Gasteiger partial charge in [-0.15, -0.1) is 0 Å². The Morgan fingerprint density at radius 3 is 2.12 bits per heavy atom. The molecule has 0 saturated carbocycles. The number of fused-ring (bicyclic) bond motifs is 1. The van der Waals surface area contributed by atoms with Crippen molar-refractivity contribution in [3.63, 3.8) is 0 Å². The maximum absolute atomic E-state index is 4.21. The molecule has 1 aliphatic rings. The Labute approximate surface area is 181 Å². The van der Waals surface area contributed by atoms with Crippen LogP contribution in [0.5, 0.6) is 0 Å². The predicted molar refractivity (Wildman–Crippen MR) is 102 cm³/mol. The first kappa shape index (κ1) is 23.5. The molecule has 1 N–H and O–H groups in total. The average molecular weight is 468 g/mol. The molecule has 1 aromatic heterocycles. The molecule has 0 saturated heterocycles. The van der Waals surface area contributed by atoms with E-state index in [-0.39, 0.29) is 35.6 Å². The summed E-state index contributed by atoms with van der Waals surface area (Å²) in [6.07, 6.45) is 6.53. The Kier molecular flexibility index (Phi) is 7.42. The van der Waals surface area contributed by atoms with Gasteiger partial charge in [0.15, 0.2) is 0 Å². The zero-order chi connectivity index (χ0) is 17.7. The summed E-state index contributed by atoms with van der Waals surface area (Å²) < 4.78 is 2.97. The molecule has 2 aromatic rings. The molecule has 0 fully saturated rings. The first-order chi connectivity index (χ1) is 11.1. The third-order valence-electron chi connectivity index (χ3n) is 4.55. The van der Waals surface area contributed by atoms with Crippen LogP contribution in [0.3, 0.4) is 0 Å². The van der Waals surface area contributed by atoms with Crippen LogP contribution in [0.15, 0.2) is 51.9 Å². The number of allylic oxidation sites excluding steroid dienone is 5. The van der Waals surface area contributed by atoms with Crippen molar-refractivity contribution in [3.8, 4) is 0 Å². The van der Waals surface area contributed by atoms with E-state index < -0.39 is 23.2 Å². The van der Waals surface area contributed by atoms with Gasteiger partial charge in [-0.25, -0.2) is 0 Å². The van der Waals surface area contributed by atoms with Gasteiger partial charge >= 0.3 is 158 Å². The van der Waals surface area contributed by atoms with Gasteiger partial charge in [0.1, 0.15) is 0 Å². The van der Waals surface area contributed by atoms with E-state index >= 15 is 0 Å². The van der Waals surface area contributed by atoms with Gasteiger partial charge in [0.25, 0.3) is 0 Å². The van der Waals surface area contributed by atoms with Gasteiger partial charge in [0.05, 0.1) is 0 Å². The number of halogens is 2. The summed E-state index contributed by atoms with van der Waals surface area (Å²) in [6, 6.07) is 6.73. The fourth-order valence-corrected chi connectivity index (χ4v) is 7.15. The van der Waals surface area contributed by atoms with Gasteiger partial charge in [-0.05, 0) is 0 Å². The minimum absolute atomic E-state index is 0. The molecule has 1 nitrogen and oxygen atoms in total. The number of benzene rings is 1. The van der Waals surface area contributed by atoms with E-state index in [0.717, 1.165) is 0 Å². The second-order valence-corrected chi connectivity index (χ2v) is 11.9. The SMILES string of the molecule is C=C1C=CC=[C]1[Zr+2][c]1[nH]c2cccc(C(C)(C)C)c2c1C(C)(C)C.[Cl-].[Cl-]. The largest absolute Gasteiger partial charge is 1.00 e. The van der Waals surface area contributed by atoms with Crippen LogP contribution in [0.1, 0.15) is 52.7 Å². The van der Waals surface area contributed by atoms with E-state index in [1.807, 2.05) is 0 Å². The van der Waals surface area contributed by atoms with Crippen LogP contribution in [-0.4, -0.2) is 4.98 Å². The molecule has 26 heavy (non-hydrogen) atoms. The molecular formula is C22H27Cl2NZr. The molecule has 4 heteroatoms. The molecule has 0 amide bonds. The van der Waals surface area contributed by atoms with Crippen molar-refractivity contribution in [2.45, 2.75) is 52.4 Å². The summed E-state index contributed by atoms with van der Waals surface area (Å²) in [6.45, 7) is 18.2. The normalized spacial score (nSPS) is 13.9. The fraction of sp³-hybridized carbons (Fsp3) is 0.364. The third kappa shape index (κ3) is 4.46. The van der Waals surface area contributed by atoms with Crippen LogP contribution in [0.2, 0.25) is 0 Å². The standard InChI is InChI=1S/C16H22N.C6H5.2ClH.Zr/c1-15(2,3)11-8-7-9-13-14(11)12(10-17-13)16(4,5)6;1-6-4-2-3-5-6;;;/h7-9,17H,1-6H3;2-4H,1H2;2*1H;/q;;;;+2/p-2. The second-order valence-electron chi connectivity index (χ2n) is 8.69. The molecule has 0 bridgehead atoms. The number of hydrogen-bond acceptors (Lipinski definition) is 0. The van der Waals surface area contributed by atoms with Gasteiger partial charge in [-0.2, -0.15) is 0 Å². The van der Waals surface area contributed by atoms with Crippen LogP contribution >= 0.6 is 0 Å². The zero-order valence-electron chi connectivity index (χ0n) is 16.4. The van der Waals surface area contributed by atoms with E-state index in [0.29, 0.717) is 0 Å². The Morgan fingerprint density at radius 2 is 1.62 bits per heavy atom. The first-order valence-electron chi connectivity index (χ1n) is 8.59. The van der Waals surface area contributed by atoms with Crippen molar-refractivity contribution < 1.29 is 48.0 Å². The van der Waals surface area contributed by atoms with Crippen LogP contribution in [-0.2, 0) is 34.1 Å². The molecule has 0 radical (unpaired) electrons. The second kappa shape index (κ2) is 8.21. The Bertz CT molecular complexity index is 874. The number of aromatic amines is 1. The minimum Gasteiger partial charge on any atom is -1.00 e. The summed E-state index contributed by atoms with van der Waals surface area (Å²) in [7, 11) is 0. The van der Waals surface area contributed by atoms with Crippen LogP contribution < -0.4 is 28.2 Å². The van der Waals surface area contributed by atoms with Crippen molar-refractivity contribution in [3.05, 3.63) is 63.0 Å². The molecular weight excluding hydrogens is 440 g/mol. The van der Waals surface area contributed by atoms with Crippen LogP contribution in [0, 0.1) is 0 Å². The van der Waals surface area contributed by atoms with E-state index in [1.165, 1.54) is 34.3 Å². The molecule has 1 aliphatic carbocycles. The predicted octanol–water partition coefficient (Wildman–Crippen LogP) is -0.511. The summed E-state index contributed by atoms with van der Waals surface area (Å²) >= 11 is -0.898. The minimum atomic E-state index is -0.898. The van der Waals surface area contributed by atoms with E-state index in [1.54, 1.807) is 0 Å². The monoisotopic (exact) mass is 465 g/mol. The van der Waals surface area contributed by atoms with Crippen LogP contribution in [0.4, 0.5) is 0 Å². The van der Waals surface area contributed by atoms with Gasteiger partial charge < -0.3 is 24.8 Å². The van der Waals surface area contributed by atoms with Gasteiger partial charge in [-0.3, -0.25) is 0 Å². The summed E-state index contributed by atoms with van der Waals surface area (Å²) in [5.74, 6) is 0. The molecule has 1 aromatic carbocycles. The average Bonchev–Trinajstić information content (AvgIpc) is 3.00. The molecule has 0 aliphatic heterocycles. The number of H-pyrrole nitrogens is 1. The summed E-state index contributed by atoms with van der Waals surface area (Å²) in [4.78, 5) is 3.80. The molecule has 0 spiro atoms. The van der Waals surface area contributed by atoms with E-state index in [9.17, 15) is 0 Å². The van der Waals surface area contributed by atoms with E-state index in [4.69, 9.17) is 0 Å². The zero-order valence-corrected chi connectivity index (χ0v) is 20.4. The van der Waals surface area contributed by atoms with Crippen molar-refractivity contribution in [1.29, 1.82) is 0 Å². The Hall–Kier alpha value is -0.557.